The molecule has 0 radical (unpaired) electrons. The molecule has 3 atom stereocenters. The Morgan fingerprint density at radius 1 is 1.45 bits per heavy atom. The Kier molecular flexibility index (Phi) is 6.39. The van der Waals surface area contributed by atoms with E-state index in [0.29, 0.717) is 17.9 Å². The third kappa shape index (κ3) is 5.38. The SMILES string of the molecule is CC(=O)N[C@@H](CC(C)C)[C@H]1CC=C(C(=O)O)C[C@@H]1N=C(N)N. The minimum atomic E-state index is -0.950. The molecule has 7 heteroatoms. The molecule has 1 aliphatic carbocycles. The van der Waals surface area contributed by atoms with Gasteiger partial charge in [-0.3, -0.25) is 4.79 Å². The zero-order valence-electron chi connectivity index (χ0n) is 13.4. The smallest absolute Gasteiger partial charge is 0.331 e. The molecule has 1 amide bonds. The average molecular weight is 310 g/mol. The summed E-state index contributed by atoms with van der Waals surface area (Å²) in [5.74, 6) is -0.748. The molecule has 1 aliphatic rings. The summed E-state index contributed by atoms with van der Waals surface area (Å²) in [6.07, 6.45) is 3.30. The van der Waals surface area contributed by atoms with Crippen LogP contribution in [-0.4, -0.2) is 35.0 Å². The molecule has 6 N–H and O–H groups in total. The Balaban J connectivity index is 3.05. The molecule has 0 saturated heterocycles. The van der Waals surface area contributed by atoms with Crippen molar-refractivity contribution in [2.24, 2.45) is 28.3 Å². The summed E-state index contributed by atoms with van der Waals surface area (Å²) in [6.45, 7) is 5.63. The highest BCUT2D eigenvalue weighted by molar-refractivity contribution is 5.87. The van der Waals surface area contributed by atoms with Gasteiger partial charge in [0.1, 0.15) is 0 Å². The van der Waals surface area contributed by atoms with E-state index >= 15 is 0 Å². The van der Waals surface area contributed by atoms with Gasteiger partial charge in [0.25, 0.3) is 0 Å². The monoisotopic (exact) mass is 310 g/mol. The van der Waals surface area contributed by atoms with Gasteiger partial charge in [-0.2, -0.15) is 0 Å². The lowest BCUT2D eigenvalue weighted by atomic mass is 9.78. The number of hydrogen-bond acceptors (Lipinski definition) is 3. The standard InChI is InChI=1S/C15H26N4O3/c1-8(2)6-12(18-9(3)20)11-5-4-10(14(21)22)7-13(11)19-15(16)17/h4,8,11-13H,5-7H2,1-3H3,(H,18,20)(H,21,22)(H4,16,17,19)/t11-,12+,13+/m1/s1. The lowest BCUT2D eigenvalue weighted by Gasteiger charge is -2.35. The maximum atomic E-state index is 11.5. The summed E-state index contributed by atoms with van der Waals surface area (Å²) in [6, 6.07) is -0.422. The van der Waals surface area contributed by atoms with E-state index in [-0.39, 0.29) is 36.3 Å². The predicted molar refractivity (Wildman–Crippen MR) is 85.1 cm³/mol. The summed E-state index contributed by atoms with van der Waals surface area (Å²) in [7, 11) is 0. The number of amides is 1. The van der Waals surface area contributed by atoms with E-state index in [0.717, 1.165) is 6.42 Å². The van der Waals surface area contributed by atoms with E-state index in [4.69, 9.17) is 16.6 Å². The van der Waals surface area contributed by atoms with Crippen LogP contribution < -0.4 is 16.8 Å². The molecule has 0 aromatic carbocycles. The van der Waals surface area contributed by atoms with Gasteiger partial charge in [-0.15, -0.1) is 0 Å². The molecule has 0 bridgehead atoms. The summed E-state index contributed by atoms with van der Waals surface area (Å²) >= 11 is 0. The Morgan fingerprint density at radius 3 is 2.55 bits per heavy atom. The van der Waals surface area contributed by atoms with Gasteiger partial charge in [-0.25, -0.2) is 9.79 Å². The first kappa shape index (κ1) is 18.0. The Morgan fingerprint density at radius 2 is 2.09 bits per heavy atom. The fourth-order valence-electron chi connectivity index (χ4n) is 2.95. The molecule has 0 aromatic rings. The zero-order chi connectivity index (χ0) is 16.9. The van der Waals surface area contributed by atoms with E-state index in [1.165, 1.54) is 6.92 Å². The Labute approximate surface area is 130 Å². The normalized spacial score (nSPS) is 22.6. The third-order valence-corrected chi connectivity index (χ3v) is 3.78. The van der Waals surface area contributed by atoms with Crippen molar-refractivity contribution in [3.05, 3.63) is 11.6 Å². The van der Waals surface area contributed by atoms with Crippen molar-refractivity contribution in [1.29, 1.82) is 0 Å². The van der Waals surface area contributed by atoms with E-state index in [1.807, 2.05) is 0 Å². The van der Waals surface area contributed by atoms with Crippen molar-refractivity contribution in [3.8, 4) is 0 Å². The van der Waals surface area contributed by atoms with E-state index in [9.17, 15) is 9.59 Å². The van der Waals surface area contributed by atoms with Crippen LogP contribution in [0.2, 0.25) is 0 Å². The lowest BCUT2D eigenvalue weighted by Crippen LogP contribution is -2.46. The number of nitrogens with two attached hydrogens (primary N) is 2. The number of rotatable bonds is 6. The fourth-order valence-corrected chi connectivity index (χ4v) is 2.95. The number of aliphatic imine (C=N–C) groups is 1. The molecule has 0 saturated carbocycles. The van der Waals surface area contributed by atoms with Gasteiger partial charge in [0.2, 0.25) is 5.91 Å². The molecule has 7 nitrogen and oxygen atoms in total. The minimum absolute atomic E-state index is 0.0171. The third-order valence-electron chi connectivity index (χ3n) is 3.78. The van der Waals surface area contributed by atoms with Crippen LogP contribution in [0.5, 0.6) is 0 Å². The molecule has 0 aliphatic heterocycles. The number of carbonyl (C=O) groups excluding carboxylic acids is 1. The lowest BCUT2D eigenvalue weighted by molar-refractivity contribution is -0.133. The quantitative estimate of drug-likeness (QED) is 0.421. The van der Waals surface area contributed by atoms with Crippen LogP contribution in [0.1, 0.15) is 40.0 Å². The van der Waals surface area contributed by atoms with E-state index < -0.39 is 5.97 Å². The second-order valence-corrected chi connectivity index (χ2v) is 6.20. The van der Waals surface area contributed by atoms with Crippen LogP contribution in [0, 0.1) is 11.8 Å². The fraction of sp³-hybridized carbons (Fsp3) is 0.667. The highest BCUT2D eigenvalue weighted by Crippen LogP contribution is 2.31. The summed E-state index contributed by atoms with van der Waals surface area (Å²) in [5, 5.41) is 12.1. The number of hydrogen-bond donors (Lipinski definition) is 4. The number of nitrogens with one attached hydrogen (secondary N) is 1. The van der Waals surface area contributed by atoms with Crippen LogP contribution in [0.3, 0.4) is 0 Å². The largest absolute Gasteiger partial charge is 0.478 e. The average Bonchev–Trinajstić information content (AvgIpc) is 2.35. The topological polar surface area (TPSA) is 131 Å². The molecule has 22 heavy (non-hydrogen) atoms. The number of guanidine groups is 1. The molecular formula is C15H26N4O3. The zero-order valence-corrected chi connectivity index (χ0v) is 13.4. The molecule has 1 rings (SSSR count). The Hall–Kier alpha value is -2.05. The first-order chi connectivity index (χ1) is 10.2. The number of carboxylic acid groups (broad SMARTS) is 1. The molecule has 124 valence electrons. The summed E-state index contributed by atoms with van der Waals surface area (Å²) in [4.78, 5) is 26.8. The molecule has 0 spiro atoms. The van der Waals surface area contributed by atoms with Gasteiger partial charge in [-0.05, 0) is 18.8 Å². The summed E-state index contributed by atoms with van der Waals surface area (Å²) in [5.41, 5.74) is 11.3. The van der Waals surface area contributed by atoms with Crippen LogP contribution in [-0.2, 0) is 9.59 Å². The van der Waals surface area contributed by atoms with Crippen molar-refractivity contribution in [2.75, 3.05) is 0 Å². The van der Waals surface area contributed by atoms with E-state index in [1.54, 1.807) is 6.08 Å². The van der Waals surface area contributed by atoms with Gasteiger partial charge in [0, 0.05) is 30.9 Å². The number of carboxylic acids is 1. The molecule has 0 unspecified atom stereocenters. The maximum absolute atomic E-state index is 11.5. The van der Waals surface area contributed by atoms with Gasteiger partial charge in [-0.1, -0.05) is 19.9 Å². The van der Waals surface area contributed by atoms with Gasteiger partial charge in [0.15, 0.2) is 5.96 Å². The van der Waals surface area contributed by atoms with Crippen LogP contribution in [0.25, 0.3) is 0 Å². The molecule has 0 heterocycles. The van der Waals surface area contributed by atoms with Crippen molar-refractivity contribution in [1.82, 2.24) is 5.32 Å². The van der Waals surface area contributed by atoms with Gasteiger partial charge >= 0.3 is 5.97 Å². The highest BCUT2D eigenvalue weighted by atomic mass is 16.4. The second-order valence-electron chi connectivity index (χ2n) is 6.20. The number of nitrogens with zero attached hydrogens (tertiary/aromatic N) is 1. The van der Waals surface area contributed by atoms with Gasteiger partial charge in [0.05, 0.1) is 6.04 Å². The Bertz CT molecular complexity index is 481. The number of aliphatic carboxylic acids is 1. The van der Waals surface area contributed by atoms with Crippen LogP contribution in [0.4, 0.5) is 0 Å². The molecule has 0 fully saturated rings. The van der Waals surface area contributed by atoms with Crippen LogP contribution in [0.15, 0.2) is 16.6 Å². The predicted octanol–water partition coefficient (Wildman–Crippen LogP) is 0.600. The van der Waals surface area contributed by atoms with E-state index in [2.05, 4.69) is 24.2 Å². The highest BCUT2D eigenvalue weighted by Gasteiger charge is 2.34. The van der Waals surface area contributed by atoms with Gasteiger partial charge < -0.3 is 21.9 Å². The van der Waals surface area contributed by atoms with Crippen molar-refractivity contribution in [3.63, 3.8) is 0 Å². The maximum Gasteiger partial charge on any atom is 0.331 e. The number of carbonyl (C=O) groups is 2. The van der Waals surface area contributed by atoms with Crippen LogP contribution >= 0.6 is 0 Å². The minimum Gasteiger partial charge on any atom is -0.478 e. The first-order valence-corrected chi connectivity index (χ1v) is 7.48. The van der Waals surface area contributed by atoms with Crippen molar-refractivity contribution >= 4 is 17.8 Å². The summed E-state index contributed by atoms with van der Waals surface area (Å²) < 4.78 is 0. The first-order valence-electron chi connectivity index (χ1n) is 7.48. The molecular weight excluding hydrogens is 284 g/mol. The second kappa shape index (κ2) is 7.82. The molecule has 0 aromatic heterocycles. The number of allylic oxidation sites excluding steroid dienone is 1. The van der Waals surface area contributed by atoms with Crippen molar-refractivity contribution in [2.45, 2.75) is 52.1 Å². The van der Waals surface area contributed by atoms with Crippen molar-refractivity contribution < 1.29 is 14.7 Å².